The zero-order chi connectivity index (χ0) is 24.6. The topological polar surface area (TPSA) is 82.5 Å². The number of aliphatic hydroxyl groups excluding tert-OH is 2. The number of rotatable bonds is 6. The van der Waals surface area contributed by atoms with Gasteiger partial charge in [-0.25, -0.2) is 0 Å². The zero-order valence-electron chi connectivity index (χ0n) is 20.1. The number of hydrogen-bond donors (Lipinski definition) is 2. The van der Waals surface area contributed by atoms with Gasteiger partial charge in [-0.15, -0.1) is 0 Å². The van der Waals surface area contributed by atoms with E-state index in [-0.39, 0.29) is 18.1 Å². The van der Waals surface area contributed by atoms with Gasteiger partial charge in [0.1, 0.15) is 29.8 Å². The van der Waals surface area contributed by atoms with Gasteiger partial charge in [-0.3, -0.25) is 4.79 Å². The Bertz CT molecular complexity index is 1090. The second kappa shape index (κ2) is 9.97. The maximum absolute atomic E-state index is 13.0. The summed E-state index contributed by atoms with van der Waals surface area (Å²) in [6.07, 6.45) is 2.11. The number of halogens is 1. The Balaban J connectivity index is 1.13. The first-order chi connectivity index (χ1) is 16.8. The van der Waals surface area contributed by atoms with E-state index >= 15 is 0 Å². The summed E-state index contributed by atoms with van der Waals surface area (Å²) >= 11 is 6.14. The predicted molar refractivity (Wildman–Crippen MR) is 133 cm³/mol. The summed E-state index contributed by atoms with van der Waals surface area (Å²) in [5.74, 6) is 1.26. The molecule has 188 valence electrons. The molecule has 0 aromatic heterocycles. The quantitative estimate of drug-likeness (QED) is 0.634. The molecule has 2 N–H and O–H groups in total. The summed E-state index contributed by atoms with van der Waals surface area (Å²) in [6, 6.07) is 11.3. The van der Waals surface area contributed by atoms with Crippen LogP contribution in [0.15, 0.2) is 36.4 Å². The van der Waals surface area contributed by atoms with E-state index in [9.17, 15) is 15.0 Å². The summed E-state index contributed by atoms with van der Waals surface area (Å²) in [4.78, 5) is 16.9. The molecular formula is C27H33ClN2O5. The number of nitrogens with zero attached hydrogens (tertiary/aromatic N) is 2. The summed E-state index contributed by atoms with van der Waals surface area (Å²) in [5.41, 5.74) is 2.43. The Morgan fingerprint density at radius 1 is 1.23 bits per heavy atom. The molecular weight excluding hydrogens is 468 g/mol. The van der Waals surface area contributed by atoms with Crippen molar-refractivity contribution in [3.63, 3.8) is 0 Å². The maximum Gasteiger partial charge on any atom is 0.257 e. The third-order valence-electron chi connectivity index (χ3n) is 7.35. The van der Waals surface area contributed by atoms with Gasteiger partial charge in [-0.2, -0.15) is 0 Å². The number of amides is 1. The number of carbonyl (C=O) groups excluding carboxylic acids is 1. The largest absolute Gasteiger partial charge is 0.490 e. The number of aryl methyl sites for hydroxylation is 1. The lowest BCUT2D eigenvalue weighted by atomic mass is 9.87. The molecule has 5 rings (SSSR count). The standard InChI is InChI=1S/C27H33ClN2O5/c1-18-2-4-25(23(12-18)26(33)30-9-6-21(31)16-30)34-17-22(32)15-29-10-7-27(8-11-29)14-19-13-20(28)3-5-24(19)35-27/h2-5,12-13,21-22,31-32H,6-11,14-17H2,1H3/t21-,22-/m0/s1. The normalized spacial score (nSPS) is 22.2. The Kier molecular flexibility index (Phi) is 6.95. The van der Waals surface area contributed by atoms with Crippen molar-refractivity contribution in [2.45, 2.75) is 50.4 Å². The molecule has 2 atom stereocenters. The van der Waals surface area contributed by atoms with Crippen LogP contribution in [0, 0.1) is 6.92 Å². The monoisotopic (exact) mass is 500 g/mol. The van der Waals surface area contributed by atoms with E-state index in [2.05, 4.69) is 4.90 Å². The van der Waals surface area contributed by atoms with Gasteiger partial charge in [-0.05, 0) is 49.2 Å². The van der Waals surface area contributed by atoms with Crippen molar-refractivity contribution in [1.29, 1.82) is 0 Å². The van der Waals surface area contributed by atoms with Crippen LogP contribution in [0.1, 0.15) is 40.7 Å². The SMILES string of the molecule is Cc1ccc(OC[C@@H](O)CN2CCC3(CC2)Cc2cc(Cl)ccc2O3)c(C(=O)N2CC[C@H](O)C2)c1. The van der Waals surface area contributed by atoms with Crippen LogP contribution in [0.3, 0.4) is 0 Å². The van der Waals surface area contributed by atoms with E-state index in [1.54, 1.807) is 11.0 Å². The summed E-state index contributed by atoms with van der Waals surface area (Å²) < 4.78 is 12.2. The fraction of sp³-hybridized carbons (Fsp3) is 0.519. The molecule has 1 amide bonds. The summed E-state index contributed by atoms with van der Waals surface area (Å²) in [7, 11) is 0. The van der Waals surface area contributed by atoms with E-state index in [4.69, 9.17) is 21.1 Å². The smallest absolute Gasteiger partial charge is 0.257 e. The maximum atomic E-state index is 13.0. The molecule has 2 saturated heterocycles. The van der Waals surface area contributed by atoms with Crippen molar-refractivity contribution in [3.8, 4) is 11.5 Å². The summed E-state index contributed by atoms with van der Waals surface area (Å²) in [5, 5.41) is 21.2. The van der Waals surface area contributed by atoms with Crippen LogP contribution in [-0.2, 0) is 6.42 Å². The van der Waals surface area contributed by atoms with Crippen LogP contribution in [0.2, 0.25) is 5.02 Å². The highest BCUT2D eigenvalue weighted by Crippen LogP contribution is 2.42. The third-order valence-corrected chi connectivity index (χ3v) is 7.58. The fourth-order valence-electron chi connectivity index (χ4n) is 5.39. The molecule has 35 heavy (non-hydrogen) atoms. The minimum Gasteiger partial charge on any atom is -0.490 e. The Hall–Kier alpha value is -2.32. The average Bonchev–Trinajstić information content (AvgIpc) is 3.42. The molecule has 0 radical (unpaired) electrons. The Morgan fingerprint density at radius 2 is 2.03 bits per heavy atom. The number of fused-ring (bicyclic) bond motifs is 1. The molecule has 1 spiro atoms. The minimum absolute atomic E-state index is 0.105. The first kappa shape index (κ1) is 24.4. The number of piperidine rings is 1. The number of aliphatic hydroxyl groups is 2. The second-order valence-corrected chi connectivity index (χ2v) is 10.6. The summed E-state index contributed by atoms with van der Waals surface area (Å²) in [6.45, 7) is 5.09. The van der Waals surface area contributed by atoms with Crippen molar-refractivity contribution in [2.75, 3.05) is 39.3 Å². The van der Waals surface area contributed by atoms with Gasteiger partial charge in [0.25, 0.3) is 5.91 Å². The molecule has 2 fully saturated rings. The average molecular weight is 501 g/mol. The molecule has 3 heterocycles. The van der Waals surface area contributed by atoms with Gasteiger partial charge in [0.15, 0.2) is 0 Å². The van der Waals surface area contributed by atoms with E-state index < -0.39 is 12.2 Å². The lowest BCUT2D eigenvalue weighted by Gasteiger charge is -2.39. The van der Waals surface area contributed by atoms with Gasteiger partial charge < -0.3 is 29.5 Å². The molecule has 0 saturated carbocycles. The number of carbonyl (C=O) groups is 1. The number of ether oxygens (including phenoxy) is 2. The van der Waals surface area contributed by atoms with Crippen molar-refractivity contribution >= 4 is 17.5 Å². The fourth-order valence-corrected chi connectivity index (χ4v) is 5.59. The van der Waals surface area contributed by atoms with Crippen molar-refractivity contribution < 1.29 is 24.5 Å². The van der Waals surface area contributed by atoms with Gasteiger partial charge in [0.2, 0.25) is 0 Å². The lowest BCUT2D eigenvalue weighted by molar-refractivity contribution is -0.00202. The third kappa shape index (κ3) is 5.43. The van der Waals surface area contributed by atoms with Crippen LogP contribution in [0.25, 0.3) is 0 Å². The van der Waals surface area contributed by atoms with E-state index in [0.29, 0.717) is 37.4 Å². The van der Waals surface area contributed by atoms with Gasteiger partial charge >= 0.3 is 0 Å². The van der Waals surface area contributed by atoms with Crippen LogP contribution >= 0.6 is 11.6 Å². The highest BCUT2D eigenvalue weighted by molar-refractivity contribution is 6.30. The van der Waals surface area contributed by atoms with E-state index in [0.717, 1.165) is 48.7 Å². The molecule has 7 nitrogen and oxygen atoms in total. The molecule has 8 heteroatoms. The number of benzene rings is 2. The molecule has 2 aromatic carbocycles. The molecule has 3 aliphatic heterocycles. The first-order valence-corrected chi connectivity index (χ1v) is 12.8. The van der Waals surface area contributed by atoms with Gasteiger partial charge in [-0.1, -0.05) is 23.2 Å². The number of β-amino-alcohol motifs (C(OH)–C–C–N with tert-alkyl or cyclic N) is 2. The molecule has 0 bridgehead atoms. The Morgan fingerprint density at radius 3 is 2.77 bits per heavy atom. The van der Waals surface area contributed by atoms with E-state index in [1.807, 2.05) is 37.3 Å². The molecule has 3 aliphatic rings. The van der Waals surface area contributed by atoms with Crippen molar-refractivity contribution in [1.82, 2.24) is 9.80 Å². The van der Waals surface area contributed by atoms with Crippen LogP contribution in [0.5, 0.6) is 11.5 Å². The molecule has 2 aromatic rings. The van der Waals surface area contributed by atoms with Gasteiger partial charge in [0, 0.05) is 57.0 Å². The van der Waals surface area contributed by atoms with Crippen molar-refractivity contribution in [2.24, 2.45) is 0 Å². The minimum atomic E-state index is -0.678. The highest BCUT2D eigenvalue weighted by Gasteiger charge is 2.42. The van der Waals surface area contributed by atoms with Crippen LogP contribution in [-0.4, -0.2) is 83.1 Å². The van der Waals surface area contributed by atoms with Gasteiger partial charge in [0.05, 0.1) is 11.7 Å². The van der Waals surface area contributed by atoms with Crippen LogP contribution < -0.4 is 9.47 Å². The Labute approximate surface area is 211 Å². The zero-order valence-corrected chi connectivity index (χ0v) is 20.8. The van der Waals surface area contributed by atoms with Crippen LogP contribution in [0.4, 0.5) is 0 Å². The first-order valence-electron chi connectivity index (χ1n) is 12.4. The molecule has 0 aliphatic carbocycles. The second-order valence-electron chi connectivity index (χ2n) is 10.2. The highest BCUT2D eigenvalue weighted by atomic mass is 35.5. The van der Waals surface area contributed by atoms with Crippen molar-refractivity contribution in [3.05, 3.63) is 58.1 Å². The molecule has 0 unspecified atom stereocenters. The predicted octanol–water partition coefficient (Wildman–Crippen LogP) is 3.06. The number of likely N-dealkylation sites (tertiary alicyclic amines) is 2. The lowest BCUT2D eigenvalue weighted by Crippen LogP contribution is -2.49. The van der Waals surface area contributed by atoms with E-state index in [1.165, 1.54) is 5.56 Å². The number of hydrogen-bond acceptors (Lipinski definition) is 6.